The standard InChI is InChI=1S/C19H13F5N2O3S/c1-29-9-6-26-15-11(17(27)25-18(26)28)5-12(19(22,23)24)14(16(15)30-7-9)10-3-2-8(20)4-13(10)21/h2-5,9H,6-7H2,1H3,(H,25,27,28). The molecule has 0 fully saturated rings. The summed E-state index contributed by atoms with van der Waals surface area (Å²) in [4.78, 5) is 26.7. The van der Waals surface area contributed by atoms with Crippen LogP contribution in [0.15, 0.2) is 38.8 Å². The van der Waals surface area contributed by atoms with E-state index < -0.39 is 51.9 Å². The van der Waals surface area contributed by atoms with Crippen molar-refractivity contribution in [2.75, 3.05) is 12.9 Å². The number of rotatable bonds is 2. The number of alkyl halides is 3. The SMILES string of the molecule is COC1CSc2c(-c3ccc(F)cc3F)c(C(F)(F)F)cc3c(=O)[nH]c(=O)n(c23)C1. The summed E-state index contributed by atoms with van der Waals surface area (Å²) in [5.74, 6) is -1.99. The van der Waals surface area contributed by atoms with Gasteiger partial charge in [0, 0.05) is 35.0 Å². The van der Waals surface area contributed by atoms with Gasteiger partial charge in [-0.05, 0) is 18.2 Å². The van der Waals surface area contributed by atoms with Gasteiger partial charge < -0.3 is 4.74 Å². The minimum atomic E-state index is -4.94. The number of thioether (sulfide) groups is 1. The van der Waals surface area contributed by atoms with Gasteiger partial charge in [0.05, 0.1) is 29.1 Å². The van der Waals surface area contributed by atoms with E-state index in [9.17, 15) is 31.5 Å². The number of H-pyrrole nitrogens is 1. The quantitative estimate of drug-likeness (QED) is 0.612. The van der Waals surface area contributed by atoms with E-state index in [1.807, 2.05) is 4.98 Å². The van der Waals surface area contributed by atoms with E-state index in [0.717, 1.165) is 28.5 Å². The maximum absolute atomic E-state index is 14.6. The largest absolute Gasteiger partial charge is 0.417 e. The van der Waals surface area contributed by atoms with Gasteiger partial charge in [-0.1, -0.05) is 0 Å². The molecule has 11 heteroatoms. The molecular weight excluding hydrogens is 431 g/mol. The van der Waals surface area contributed by atoms with Gasteiger partial charge in [-0.2, -0.15) is 13.2 Å². The van der Waals surface area contributed by atoms with Crippen LogP contribution in [0, 0.1) is 11.6 Å². The minimum Gasteiger partial charge on any atom is -0.379 e. The normalized spacial score (nSPS) is 16.7. The van der Waals surface area contributed by atoms with Crippen LogP contribution in [-0.2, 0) is 17.5 Å². The molecule has 0 saturated heterocycles. The summed E-state index contributed by atoms with van der Waals surface area (Å²) in [7, 11) is 1.39. The number of aromatic nitrogens is 2. The summed E-state index contributed by atoms with van der Waals surface area (Å²) in [6, 6.07) is 2.84. The highest BCUT2D eigenvalue weighted by atomic mass is 32.2. The van der Waals surface area contributed by atoms with E-state index in [2.05, 4.69) is 0 Å². The number of methoxy groups -OCH3 is 1. The van der Waals surface area contributed by atoms with Gasteiger partial charge in [0.15, 0.2) is 0 Å². The molecule has 158 valence electrons. The van der Waals surface area contributed by atoms with Gasteiger partial charge in [-0.15, -0.1) is 11.8 Å². The number of hydrogen-bond donors (Lipinski definition) is 1. The molecule has 5 nitrogen and oxygen atoms in total. The maximum Gasteiger partial charge on any atom is 0.417 e. The maximum atomic E-state index is 14.6. The first-order valence-corrected chi connectivity index (χ1v) is 9.62. The topological polar surface area (TPSA) is 64.1 Å². The monoisotopic (exact) mass is 444 g/mol. The van der Waals surface area contributed by atoms with Crippen LogP contribution in [0.1, 0.15) is 5.56 Å². The van der Waals surface area contributed by atoms with Crippen LogP contribution in [0.4, 0.5) is 22.0 Å². The molecule has 0 amide bonds. The average molecular weight is 444 g/mol. The Morgan fingerprint density at radius 2 is 1.93 bits per heavy atom. The summed E-state index contributed by atoms with van der Waals surface area (Å²) >= 11 is 0.919. The molecule has 2 heterocycles. The van der Waals surface area contributed by atoms with Crippen LogP contribution < -0.4 is 11.2 Å². The molecule has 1 unspecified atom stereocenters. The number of benzene rings is 2. The van der Waals surface area contributed by atoms with Crippen molar-refractivity contribution in [1.82, 2.24) is 9.55 Å². The second-order valence-electron chi connectivity index (χ2n) is 6.68. The Morgan fingerprint density at radius 3 is 2.57 bits per heavy atom. The third-order valence-corrected chi connectivity index (χ3v) is 6.10. The second kappa shape index (κ2) is 7.24. The first-order chi connectivity index (χ1) is 14.1. The van der Waals surface area contributed by atoms with Crippen molar-refractivity contribution in [3.8, 4) is 11.1 Å². The van der Waals surface area contributed by atoms with E-state index in [1.165, 1.54) is 7.11 Å². The van der Waals surface area contributed by atoms with E-state index in [-0.39, 0.29) is 28.1 Å². The van der Waals surface area contributed by atoms with Crippen molar-refractivity contribution in [3.63, 3.8) is 0 Å². The predicted octanol–water partition coefficient (Wildman–Crippen LogP) is 3.77. The van der Waals surface area contributed by atoms with E-state index >= 15 is 0 Å². The van der Waals surface area contributed by atoms with Crippen LogP contribution in [-0.4, -0.2) is 28.5 Å². The van der Waals surface area contributed by atoms with Crippen molar-refractivity contribution >= 4 is 22.7 Å². The molecule has 1 N–H and O–H groups in total. The number of nitrogens with one attached hydrogen (secondary N) is 1. The zero-order chi connectivity index (χ0) is 21.8. The van der Waals surface area contributed by atoms with Gasteiger partial charge >= 0.3 is 11.9 Å². The molecule has 0 radical (unpaired) electrons. The molecule has 1 aliphatic heterocycles. The number of ether oxygens (including phenoxy) is 1. The van der Waals surface area contributed by atoms with Gasteiger partial charge in [0.1, 0.15) is 11.6 Å². The van der Waals surface area contributed by atoms with Gasteiger partial charge in [-0.25, -0.2) is 13.6 Å². The molecular formula is C19H13F5N2O3S. The molecule has 30 heavy (non-hydrogen) atoms. The zero-order valence-electron chi connectivity index (χ0n) is 15.3. The number of hydrogen-bond acceptors (Lipinski definition) is 4. The molecule has 4 rings (SSSR count). The summed E-state index contributed by atoms with van der Waals surface area (Å²) in [6.45, 7) is -0.0146. The Balaban J connectivity index is 2.22. The first-order valence-electron chi connectivity index (χ1n) is 8.64. The molecule has 2 aromatic carbocycles. The highest BCUT2D eigenvalue weighted by Gasteiger charge is 2.38. The fraction of sp³-hybridized carbons (Fsp3) is 0.263. The third kappa shape index (κ3) is 3.31. The Hall–Kier alpha value is -2.66. The highest BCUT2D eigenvalue weighted by Crippen LogP contribution is 2.47. The molecule has 3 aromatic rings. The van der Waals surface area contributed by atoms with Crippen LogP contribution >= 0.6 is 11.8 Å². The van der Waals surface area contributed by atoms with Gasteiger partial charge in [-0.3, -0.25) is 14.3 Å². The molecule has 1 aliphatic rings. The molecule has 1 aromatic heterocycles. The Morgan fingerprint density at radius 1 is 1.20 bits per heavy atom. The predicted molar refractivity (Wildman–Crippen MR) is 101 cm³/mol. The summed E-state index contributed by atoms with van der Waals surface area (Å²) in [6.07, 6.45) is -5.49. The van der Waals surface area contributed by atoms with Crippen molar-refractivity contribution < 1.29 is 26.7 Å². The van der Waals surface area contributed by atoms with Crippen molar-refractivity contribution in [2.24, 2.45) is 0 Å². The number of nitrogens with zero attached hydrogens (tertiary/aromatic N) is 1. The van der Waals surface area contributed by atoms with Crippen LogP contribution in [0.25, 0.3) is 22.0 Å². The third-order valence-electron chi connectivity index (χ3n) is 4.87. The summed E-state index contributed by atoms with van der Waals surface area (Å²) < 4.78 is 76.2. The van der Waals surface area contributed by atoms with Gasteiger partial charge in [0.25, 0.3) is 5.56 Å². The van der Waals surface area contributed by atoms with Crippen LogP contribution in [0.5, 0.6) is 0 Å². The van der Waals surface area contributed by atoms with Crippen molar-refractivity contribution in [3.05, 3.63) is 62.3 Å². The Labute approximate surface area is 169 Å². The highest BCUT2D eigenvalue weighted by molar-refractivity contribution is 7.99. The van der Waals surface area contributed by atoms with E-state index in [4.69, 9.17) is 4.74 Å². The molecule has 0 bridgehead atoms. The van der Waals surface area contributed by atoms with E-state index in [1.54, 1.807) is 0 Å². The van der Waals surface area contributed by atoms with E-state index in [0.29, 0.717) is 12.1 Å². The van der Waals surface area contributed by atoms with Crippen LogP contribution in [0.2, 0.25) is 0 Å². The second-order valence-corrected chi connectivity index (χ2v) is 7.72. The zero-order valence-corrected chi connectivity index (χ0v) is 16.1. The smallest absolute Gasteiger partial charge is 0.379 e. The van der Waals surface area contributed by atoms with Crippen molar-refractivity contribution in [2.45, 2.75) is 23.7 Å². The molecule has 0 aliphatic carbocycles. The average Bonchev–Trinajstić information content (AvgIpc) is 2.86. The fourth-order valence-electron chi connectivity index (χ4n) is 3.50. The lowest BCUT2D eigenvalue weighted by atomic mass is 9.96. The Bertz CT molecular complexity index is 1280. The van der Waals surface area contributed by atoms with Crippen molar-refractivity contribution in [1.29, 1.82) is 0 Å². The number of halogens is 5. The summed E-state index contributed by atoms with van der Waals surface area (Å²) in [5, 5.41) is -0.354. The fourth-order valence-corrected chi connectivity index (χ4v) is 4.81. The first kappa shape index (κ1) is 20.6. The Kier molecular flexibility index (Phi) is 4.97. The molecule has 0 saturated carbocycles. The molecule has 1 atom stereocenters. The lowest BCUT2D eigenvalue weighted by Gasteiger charge is -2.20. The molecule has 0 spiro atoms. The lowest BCUT2D eigenvalue weighted by molar-refractivity contribution is -0.137. The lowest BCUT2D eigenvalue weighted by Crippen LogP contribution is -2.34. The minimum absolute atomic E-state index is 0.0146. The van der Waals surface area contributed by atoms with Gasteiger partial charge in [0.2, 0.25) is 0 Å². The number of aromatic amines is 1. The van der Waals surface area contributed by atoms with Crippen LogP contribution in [0.3, 0.4) is 0 Å². The summed E-state index contributed by atoms with van der Waals surface area (Å²) in [5.41, 5.74) is -4.13.